The first-order chi connectivity index (χ1) is 16.2. The summed E-state index contributed by atoms with van der Waals surface area (Å²) in [4.78, 5) is 17.0. The van der Waals surface area contributed by atoms with Crippen LogP contribution in [0.1, 0.15) is 37.9 Å². The molecule has 0 atom stereocenters. The van der Waals surface area contributed by atoms with Crippen molar-refractivity contribution in [3.63, 3.8) is 0 Å². The smallest absolute Gasteiger partial charge is 0.220 e. The SMILES string of the molecule is COc1cccc(N2CCN(c3ccc4nnc(CCC(=O)NC5CCCC5)n4n3)CC2)c1. The second kappa shape index (κ2) is 9.64. The first-order valence-corrected chi connectivity index (χ1v) is 11.8. The van der Waals surface area contributed by atoms with E-state index in [4.69, 9.17) is 9.84 Å². The number of hydrogen-bond acceptors (Lipinski definition) is 7. The quantitative estimate of drug-likeness (QED) is 0.593. The van der Waals surface area contributed by atoms with Gasteiger partial charge in [-0.1, -0.05) is 18.9 Å². The van der Waals surface area contributed by atoms with Gasteiger partial charge in [-0.25, -0.2) is 0 Å². The van der Waals surface area contributed by atoms with E-state index in [1.165, 1.54) is 18.5 Å². The molecule has 1 aromatic carbocycles. The zero-order valence-corrected chi connectivity index (χ0v) is 19.1. The highest BCUT2D eigenvalue weighted by molar-refractivity contribution is 5.76. The molecule has 0 bridgehead atoms. The van der Waals surface area contributed by atoms with E-state index < -0.39 is 0 Å². The Hall–Kier alpha value is -3.36. The van der Waals surface area contributed by atoms with Crippen LogP contribution in [-0.2, 0) is 11.2 Å². The molecule has 1 aliphatic heterocycles. The van der Waals surface area contributed by atoms with Gasteiger partial charge in [-0.15, -0.1) is 15.3 Å². The van der Waals surface area contributed by atoms with Gasteiger partial charge in [0.2, 0.25) is 5.91 Å². The number of aromatic nitrogens is 4. The van der Waals surface area contributed by atoms with E-state index in [-0.39, 0.29) is 5.91 Å². The highest BCUT2D eigenvalue weighted by atomic mass is 16.5. The monoisotopic (exact) mass is 449 g/mol. The van der Waals surface area contributed by atoms with Gasteiger partial charge in [0.15, 0.2) is 11.5 Å². The van der Waals surface area contributed by atoms with E-state index in [1.807, 2.05) is 24.3 Å². The fourth-order valence-electron chi connectivity index (χ4n) is 4.74. The zero-order valence-electron chi connectivity index (χ0n) is 19.1. The van der Waals surface area contributed by atoms with Crippen molar-refractivity contribution in [3.8, 4) is 5.75 Å². The number of carbonyl (C=O) groups is 1. The average Bonchev–Trinajstić information content (AvgIpc) is 3.52. The number of benzene rings is 1. The molecule has 1 saturated heterocycles. The minimum absolute atomic E-state index is 0.0865. The van der Waals surface area contributed by atoms with Gasteiger partial charge >= 0.3 is 0 Å². The zero-order chi connectivity index (χ0) is 22.6. The Balaban J connectivity index is 1.22. The minimum atomic E-state index is 0.0865. The van der Waals surface area contributed by atoms with Crippen LogP contribution in [0.2, 0.25) is 0 Å². The van der Waals surface area contributed by atoms with Crippen molar-refractivity contribution in [2.45, 2.75) is 44.6 Å². The lowest BCUT2D eigenvalue weighted by molar-refractivity contribution is -0.121. The van der Waals surface area contributed by atoms with Crippen molar-refractivity contribution in [2.75, 3.05) is 43.1 Å². The highest BCUT2D eigenvalue weighted by Crippen LogP contribution is 2.23. The number of nitrogens with zero attached hydrogens (tertiary/aromatic N) is 6. The van der Waals surface area contributed by atoms with Crippen LogP contribution in [0.15, 0.2) is 36.4 Å². The normalized spacial score (nSPS) is 17.0. The van der Waals surface area contributed by atoms with Crippen LogP contribution in [0.25, 0.3) is 5.65 Å². The maximum Gasteiger partial charge on any atom is 0.220 e. The van der Waals surface area contributed by atoms with Crippen LogP contribution in [0.3, 0.4) is 0 Å². The summed E-state index contributed by atoms with van der Waals surface area (Å²) in [5.41, 5.74) is 1.88. The molecule has 2 aromatic heterocycles. The third kappa shape index (κ3) is 4.86. The van der Waals surface area contributed by atoms with Crippen LogP contribution in [0.4, 0.5) is 11.5 Å². The lowest BCUT2D eigenvalue weighted by Crippen LogP contribution is -2.47. The van der Waals surface area contributed by atoms with Crippen LogP contribution >= 0.6 is 0 Å². The van der Waals surface area contributed by atoms with Crippen LogP contribution in [0, 0.1) is 0 Å². The van der Waals surface area contributed by atoms with Gasteiger partial charge in [0, 0.05) is 56.8 Å². The van der Waals surface area contributed by atoms with E-state index >= 15 is 0 Å². The predicted octanol–water partition coefficient (Wildman–Crippen LogP) is 2.45. The largest absolute Gasteiger partial charge is 0.497 e. The number of rotatable bonds is 7. The number of anilines is 2. The number of nitrogens with one attached hydrogen (secondary N) is 1. The molecule has 1 aliphatic carbocycles. The summed E-state index contributed by atoms with van der Waals surface area (Å²) in [6.07, 6.45) is 5.54. The minimum Gasteiger partial charge on any atom is -0.497 e. The van der Waals surface area contributed by atoms with Gasteiger partial charge in [0.25, 0.3) is 0 Å². The second-order valence-corrected chi connectivity index (χ2v) is 8.80. The lowest BCUT2D eigenvalue weighted by atomic mass is 10.2. The summed E-state index contributed by atoms with van der Waals surface area (Å²) in [7, 11) is 1.69. The number of methoxy groups -OCH3 is 1. The molecule has 0 spiro atoms. The van der Waals surface area contributed by atoms with Crippen molar-refractivity contribution < 1.29 is 9.53 Å². The molecule has 0 radical (unpaired) electrons. The van der Waals surface area contributed by atoms with Crippen molar-refractivity contribution in [1.29, 1.82) is 0 Å². The van der Waals surface area contributed by atoms with Gasteiger partial charge in [-0.3, -0.25) is 4.79 Å². The topological polar surface area (TPSA) is 87.9 Å². The van der Waals surface area contributed by atoms with Crippen LogP contribution < -0.4 is 19.9 Å². The van der Waals surface area contributed by atoms with Crippen molar-refractivity contribution >= 4 is 23.1 Å². The molecule has 9 nitrogen and oxygen atoms in total. The van der Waals surface area contributed by atoms with E-state index in [2.05, 4.69) is 37.4 Å². The standard InChI is InChI=1S/C24H31N7O2/c1-33-20-8-4-7-19(17-20)29-13-15-30(16-14-29)23-10-9-21-26-27-22(31(21)28-23)11-12-24(32)25-18-5-2-3-6-18/h4,7-10,17-18H,2-3,5-6,11-16H2,1H3,(H,25,32). The second-order valence-electron chi connectivity index (χ2n) is 8.80. The molecule has 2 aliphatic rings. The van der Waals surface area contributed by atoms with Gasteiger partial charge < -0.3 is 19.9 Å². The Kier molecular flexibility index (Phi) is 6.28. The predicted molar refractivity (Wildman–Crippen MR) is 127 cm³/mol. The summed E-state index contributed by atoms with van der Waals surface area (Å²) < 4.78 is 7.15. The van der Waals surface area contributed by atoms with Crippen molar-refractivity contribution in [1.82, 2.24) is 25.1 Å². The molecule has 9 heteroatoms. The molecular weight excluding hydrogens is 418 g/mol. The molecule has 174 valence electrons. The van der Waals surface area contributed by atoms with Gasteiger partial charge in [-0.2, -0.15) is 4.52 Å². The van der Waals surface area contributed by atoms with E-state index in [0.717, 1.165) is 56.4 Å². The number of piperazine rings is 1. The molecular formula is C24H31N7O2. The van der Waals surface area contributed by atoms with Gasteiger partial charge in [0.05, 0.1) is 7.11 Å². The van der Waals surface area contributed by atoms with Crippen LogP contribution in [0.5, 0.6) is 5.75 Å². The van der Waals surface area contributed by atoms with Crippen molar-refractivity contribution in [2.24, 2.45) is 0 Å². The Morgan fingerprint density at radius 1 is 1.06 bits per heavy atom. The molecule has 1 amide bonds. The van der Waals surface area contributed by atoms with E-state index in [9.17, 15) is 4.79 Å². The Morgan fingerprint density at radius 3 is 2.64 bits per heavy atom. The van der Waals surface area contributed by atoms with E-state index in [1.54, 1.807) is 11.6 Å². The summed E-state index contributed by atoms with van der Waals surface area (Å²) in [6.45, 7) is 3.56. The molecule has 3 aromatic rings. The molecule has 3 heterocycles. The number of aryl methyl sites for hydroxylation is 1. The van der Waals surface area contributed by atoms with Gasteiger partial charge in [0.1, 0.15) is 11.6 Å². The average molecular weight is 450 g/mol. The molecule has 2 fully saturated rings. The fourth-order valence-corrected chi connectivity index (χ4v) is 4.74. The number of hydrogen-bond donors (Lipinski definition) is 1. The summed E-state index contributed by atoms with van der Waals surface area (Å²) in [6, 6.07) is 12.5. The molecule has 1 saturated carbocycles. The molecule has 5 rings (SSSR count). The maximum atomic E-state index is 12.3. The molecule has 1 N–H and O–H groups in total. The van der Waals surface area contributed by atoms with E-state index in [0.29, 0.717) is 24.5 Å². The first kappa shape index (κ1) is 21.5. The van der Waals surface area contributed by atoms with Gasteiger partial charge in [-0.05, 0) is 37.1 Å². The number of fused-ring (bicyclic) bond motifs is 1. The maximum absolute atomic E-state index is 12.3. The highest BCUT2D eigenvalue weighted by Gasteiger charge is 2.21. The molecule has 0 unspecified atom stereocenters. The molecule has 33 heavy (non-hydrogen) atoms. The number of amides is 1. The van der Waals surface area contributed by atoms with Crippen LogP contribution in [-0.4, -0.2) is 65.0 Å². The Bertz CT molecular complexity index is 1100. The lowest BCUT2D eigenvalue weighted by Gasteiger charge is -2.36. The third-order valence-electron chi connectivity index (χ3n) is 6.63. The Morgan fingerprint density at radius 2 is 1.85 bits per heavy atom. The summed E-state index contributed by atoms with van der Waals surface area (Å²) >= 11 is 0. The number of carbonyl (C=O) groups excluding carboxylic acids is 1. The van der Waals surface area contributed by atoms with Crippen molar-refractivity contribution in [3.05, 3.63) is 42.2 Å². The Labute approximate surface area is 193 Å². The summed E-state index contributed by atoms with van der Waals surface area (Å²) in [5, 5.41) is 16.5. The fraction of sp³-hybridized carbons (Fsp3) is 0.500. The first-order valence-electron chi connectivity index (χ1n) is 11.8. The summed E-state index contributed by atoms with van der Waals surface area (Å²) in [5.74, 6) is 2.59. The number of ether oxygens (including phenoxy) is 1. The third-order valence-corrected chi connectivity index (χ3v) is 6.63.